The molecule has 2 aromatic rings. The van der Waals surface area contributed by atoms with Crippen molar-refractivity contribution in [3.05, 3.63) is 24.0 Å². The SMILES string of the molecule is Cc1cnc2ccc(SCCCS(N)(=O)=O)nn12. The molecule has 0 unspecified atom stereocenters. The van der Waals surface area contributed by atoms with Gasteiger partial charge in [-0.3, -0.25) is 0 Å². The highest BCUT2D eigenvalue weighted by Gasteiger charge is 2.05. The van der Waals surface area contributed by atoms with Crippen LogP contribution in [-0.2, 0) is 10.0 Å². The molecule has 2 rings (SSSR count). The fourth-order valence-electron chi connectivity index (χ4n) is 1.48. The van der Waals surface area contributed by atoms with Gasteiger partial charge in [0.25, 0.3) is 0 Å². The third kappa shape index (κ3) is 3.44. The number of aromatic nitrogens is 3. The van der Waals surface area contributed by atoms with Crippen molar-refractivity contribution >= 4 is 27.4 Å². The van der Waals surface area contributed by atoms with E-state index in [2.05, 4.69) is 10.1 Å². The lowest BCUT2D eigenvalue weighted by Gasteiger charge is -2.02. The van der Waals surface area contributed by atoms with Crippen molar-refractivity contribution in [2.45, 2.75) is 18.4 Å². The molecule has 0 fully saturated rings. The summed E-state index contributed by atoms with van der Waals surface area (Å²) in [5.41, 5.74) is 1.78. The van der Waals surface area contributed by atoms with Crippen LogP contribution in [0.5, 0.6) is 0 Å². The van der Waals surface area contributed by atoms with Crippen LogP contribution in [0.1, 0.15) is 12.1 Å². The number of nitrogens with zero attached hydrogens (tertiary/aromatic N) is 3. The van der Waals surface area contributed by atoms with Gasteiger partial charge in [0, 0.05) is 5.75 Å². The molecule has 0 amide bonds. The summed E-state index contributed by atoms with van der Waals surface area (Å²) in [6.45, 7) is 1.93. The van der Waals surface area contributed by atoms with E-state index in [1.54, 1.807) is 10.7 Å². The second-order valence-corrected chi connectivity index (χ2v) is 6.76. The lowest BCUT2D eigenvalue weighted by Crippen LogP contribution is -2.16. The Kier molecular flexibility index (Phi) is 3.88. The van der Waals surface area contributed by atoms with Crippen molar-refractivity contribution in [2.75, 3.05) is 11.5 Å². The zero-order chi connectivity index (χ0) is 13.2. The zero-order valence-corrected chi connectivity index (χ0v) is 11.5. The highest BCUT2D eigenvalue weighted by Crippen LogP contribution is 2.17. The molecule has 0 atom stereocenters. The molecule has 2 heterocycles. The first-order valence-electron chi connectivity index (χ1n) is 5.40. The van der Waals surface area contributed by atoms with E-state index in [1.165, 1.54) is 11.8 Å². The Labute approximate surface area is 110 Å². The Morgan fingerprint density at radius 2 is 2.22 bits per heavy atom. The molecule has 0 radical (unpaired) electrons. The number of hydrogen-bond acceptors (Lipinski definition) is 5. The summed E-state index contributed by atoms with van der Waals surface area (Å²) in [6, 6.07) is 3.77. The first-order chi connectivity index (χ1) is 8.46. The van der Waals surface area contributed by atoms with Crippen LogP contribution in [0.4, 0.5) is 0 Å². The van der Waals surface area contributed by atoms with Crippen LogP contribution >= 0.6 is 11.8 Å². The maximum absolute atomic E-state index is 10.8. The minimum Gasteiger partial charge on any atom is -0.235 e. The van der Waals surface area contributed by atoms with E-state index in [1.807, 2.05) is 19.1 Å². The number of fused-ring (bicyclic) bond motifs is 1. The molecular weight excluding hydrogens is 272 g/mol. The van der Waals surface area contributed by atoms with Crippen LogP contribution in [0, 0.1) is 6.92 Å². The van der Waals surface area contributed by atoms with E-state index < -0.39 is 10.0 Å². The first kappa shape index (κ1) is 13.3. The lowest BCUT2D eigenvalue weighted by molar-refractivity contribution is 0.596. The summed E-state index contributed by atoms with van der Waals surface area (Å²) in [6.07, 6.45) is 2.28. The van der Waals surface area contributed by atoms with E-state index in [0.717, 1.165) is 16.4 Å². The van der Waals surface area contributed by atoms with Gasteiger partial charge in [0.05, 0.1) is 17.6 Å². The Morgan fingerprint density at radius 1 is 1.44 bits per heavy atom. The molecule has 8 heteroatoms. The maximum Gasteiger partial charge on any atom is 0.209 e. The average Bonchev–Trinajstić information content (AvgIpc) is 2.65. The van der Waals surface area contributed by atoms with Crippen molar-refractivity contribution in [1.82, 2.24) is 14.6 Å². The van der Waals surface area contributed by atoms with Crippen LogP contribution in [0.3, 0.4) is 0 Å². The number of rotatable bonds is 5. The van der Waals surface area contributed by atoms with E-state index in [0.29, 0.717) is 12.2 Å². The highest BCUT2D eigenvalue weighted by atomic mass is 32.2. The average molecular weight is 286 g/mol. The van der Waals surface area contributed by atoms with Gasteiger partial charge < -0.3 is 0 Å². The summed E-state index contributed by atoms with van der Waals surface area (Å²) in [7, 11) is -3.36. The van der Waals surface area contributed by atoms with Crippen LogP contribution in [0.2, 0.25) is 0 Å². The lowest BCUT2D eigenvalue weighted by atomic mass is 10.5. The monoisotopic (exact) mass is 286 g/mol. The third-order valence-electron chi connectivity index (χ3n) is 2.33. The number of aryl methyl sites for hydroxylation is 1. The summed E-state index contributed by atoms with van der Waals surface area (Å²) in [5, 5.41) is 10.2. The van der Waals surface area contributed by atoms with Gasteiger partial charge in [-0.05, 0) is 25.5 Å². The molecule has 0 saturated heterocycles. The zero-order valence-electron chi connectivity index (χ0n) is 9.91. The topological polar surface area (TPSA) is 90.3 Å². The molecule has 0 bridgehead atoms. The van der Waals surface area contributed by atoms with Crippen molar-refractivity contribution < 1.29 is 8.42 Å². The Balaban J connectivity index is 1.97. The minimum atomic E-state index is -3.36. The smallest absolute Gasteiger partial charge is 0.209 e. The van der Waals surface area contributed by atoms with Crippen molar-refractivity contribution in [2.24, 2.45) is 5.14 Å². The second kappa shape index (κ2) is 5.25. The number of hydrogen-bond donors (Lipinski definition) is 1. The third-order valence-corrected chi connectivity index (χ3v) is 4.20. The molecule has 0 aliphatic heterocycles. The Bertz CT molecular complexity index is 651. The van der Waals surface area contributed by atoms with Gasteiger partial charge in [0.15, 0.2) is 5.65 Å². The number of nitrogens with two attached hydrogens (primary N) is 1. The molecule has 18 heavy (non-hydrogen) atoms. The van der Waals surface area contributed by atoms with Gasteiger partial charge in [-0.25, -0.2) is 23.1 Å². The van der Waals surface area contributed by atoms with Gasteiger partial charge in [-0.2, -0.15) is 5.10 Å². The van der Waals surface area contributed by atoms with E-state index >= 15 is 0 Å². The van der Waals surface area contributed by atoms with Crippen LogP contribution in [0.15, 0.2) is 23.4 Å². The molecule has 0 spiro atoms. The van der Waals surface area contributed by atoms with Crippen molar-refractivity contribution in [3.8, 4) is 0 Å². The molecule has 6 nitrogen and oxygen atoms in total. The van der Waals surface area contributed by atoms with Gasteiger partial charge in [-0.1, -0.05) is 0 Å². The summed E-state index contributed by atoms with van der Waals surface area (Å²) in [4.78, 5) is 4.18. The van der Waals surface area contributed by atoms with E-state index in [-0.39, 0.29) is 5.75 Å². The van der Waals surface area contributed by atoms with Gasteiger partial charge in [-0.15, -0.1) is 11.8 Å². The normalized spacial score (nSPS) is 12.1. The predicted molar refractivity (Wildman–Crippen MR) is 71.0 cm³/mol. The quantitative estimate of drug-likeness (QED) is 0.649. The van der Waals surface area contributed by atoms with E-state index in [4.69, 9.17) is 5.14 Å². The fraction of sp³-hybridized carbons (Fsp3) is 0.400. The molecule has 98 valence electrons. The molecule has 2 N–H and O–H groups in total. The number of thioether (sulfide) groups is 1. The molecule has 0 aromatic carbocycles. The predicted octanol–water partition coefficient (Wildman–Crippen LogP) is 0.808. The molecule has 0 aliphatic carbocycles. The molecule has 0 saturated carbocycles. The number of primary sulfonamides is 1. The Morgan fingerprint density at radius 3 is 2.94 bits per heavy atom. The van der Waals surface area contributed by atoms with Gasteiger partial charge in [0.1, 0.15) is 5.03 Å². The maximum atomic E-state index is 10.8. The Hall–Kier alpha value is -1.12. The summed E-state index contributed by atoms with van der Waals surface area (Å²) < 4.78 is 23.3. The van der Waals surface area contributed by atoms with Gasteiger partial charge >= 0.3 is 0 Å². The number of sulfonamides is 1. The number of imidazole rings is 1. The van der Waals surface area contributed by atoms with E-state index in [9.17, 15) is 8.42 Å². The minimum absolute atomic E-state index is 0.00630. The fourth-order valence-corrected chi connectivity index (χ4v) is 3.02. The van der Waals surface area contributed by atoms with Crippen LogP contribution in [-0.4, -0.2) is 34.5 Å². The van der Waals surface area contributed by atoms with Crippen LogP contribution < -0.4 is 5.14 Å². The standard InChI is InChI=1S/C10H14N4O2S2/c1-8-7-12-9-3-4-10(13-14(8)9)17-5-2-6-18(11,15)16/h3-4,7H,2,5-6H2,1H3,(H2,11,15,16). The largest absolute Gasteiger partial charge is 0.235 e. The summed E-state index contributed by atoms with van der Waals surface area (Å²) >= 11 is 1.51. The second-order valence-electron chi connectivity index (χ2n) is 3.91. The molecule has 0 aliphatic rings. The van der Waals surface area contributed by atoms with Crippen molar-refractivity contribution in [3.63, 3.8) is 0 Å². The first-order valence-corrected chi connectivity index (χ1v) is 8.10. The summed E-state index contributed by atoms with van der Waals surface area (Å²) in [5.74, 6) is 0.676. The van der Waals surface area contributed by atoms with Gasteiger partial charge in [0.2, 0.25) is 10.0 Å². The van der Waals surface area contributed by atoms with Crippen molar-refractivity contribution in [1.29, 1.82) is 0 Å². The van der Waals surface area contributed by atoms with Crippen LogP contribution in [0.25, 0.3) is 5.65 Å². The molecular formula is C10H14N4O2S2. The highest BCUT2D eigenvalue weighted by molar-refractivity contribution is 7.99. The molecule has 2 aromatic heterocycles.